The number of amides is 1. The minimum absolute atomic E-state index is 0.0564. The maximum absolute atomic E-state index is 12.7. The molecule has 1 fully saturated rings. The number of anilines is 1. The second kappa shape index (κ2) is 4.76. The first-order valence-corrected chi connectivity index (χ1v) is 6.09. The van der Waals surface area contributed by atoms with Crippen LogP contribution in [0.2, 0.25) is 0 Å². The van der Waals surface area contributed by atoms with Crippen LogP contribution < -0.4 is 10.9 Å². The molecule has 0 bridgehead atoms. The lowest BCUT2D eigenvalue weighted by atomic mass is 10.2. The van der Waals surface area contributed by atoms with Crippen molar-refractivity contribution >= 4 is 11.6 Å². The molecule has 1 aromatic carbocycles. The number of halogens is 1. The summed E-state index contributed by atoms with van der Waals surface area (Å²) in [5, 5.41) is 0. The molecule has 0 saturated heterocycles. The number of carbonyl (C=O) groups is 1. The minimum atomic E-state index is -0.308. The van der Waals surface area contributed by atoms with Crippen LogP contribution in [-0.4, -0.2) is 5.91 Å². The van der Waals surface area contributed by atoms with Crippen LogP contribution >= 0.6 is 0 Å². The van der Waals surface area contributed by atoms with Gasteiger partial charge in [-0.2, -0.15) is 0 Å². The van der Waals surface area contributed by atoms with Crippen molar-refractivity contribution in [1.82, 2.24) is 5.43 Å². The highest BCUT2D eigenvalue weighted by molar-refractivity contribution is 5.83. The second-order valence-electron chi connectivity index (χ2n) is 4.59. The molecule has 1 aliphatic rings. The average Bonchev–Trinajstić information content (AvgIpc) is 3.04. The normalized spacial score (nSPS) is 20.9. The van der Waals surface area contributed by atoms with Crippen molar-refractivity contribution < 1.29 is 13.6 Å². The van der Waals surface area contributed by atoms with Gasteiger partial charge in [-0.25, -0.2) is 4.39 Å². The summed E-state index contributed by atoms with van der Waals surface area (Å²) in [6.07, 6.45) is 2.41. The first-order chi connectivity index (χ1) is 9.24. The molecule has 4 nitrogen and oxygen atoms in total. The van der Waals surface area contributed by atoms with Crippen LogP contribution in [0, 0.1) is 11.7 Å². The third-order valence-corrected chi connectivity index (χ3v) is 3.21. The summed E-state index contributed by atoms with van der Waals surface area (Å²) >= 11 is 0. The van der Waals surface area contributed by atoms with E-state index in [1.807, 2.05) is 12.1 Å². The molecule has 0 unspecified atom stereocenters. The Labute approximate surface area is 109 Å². The number of carbonyl (C=O) groups excluding carboxylic acids is 1. The molecule has 5 heteroatoms. The Morgan fingerprint density at radius 2 is 2.05 bits per heavy atom. The van der Waals surface area contributed by atoms with E-state index in [1.165, 1.54) is 12.1 Å². The molecule has 0 aliphatic heterocycles. The molecule has 1 aliphatic carbocycles. The van der Waals surface area contributed by atoms with Crippen molar-refractivity contribution in [3.63, 3.8) is 0 Å². The van der Waals surface area contributed by atoms with Gasteiger partial charge >= 0.3 is 0 Å². The molecule has 0 spiro atoms. The third kappa shape index (κ3) is 2.59. The lowest BCUT2D eigenvalue weighted by Crippen LogP contribution is -2.31. The van der Waals surface area contributed by atoms with Gasteiger partial charge in [0.15, 0.2) is 0 Å². The maximum atomic E-state index is 12.7. The summed E-state index contributed by atoms with van der Waals surface area (Å²) in [6.45, 7) is 0. The number of rotatable bonds is 4. The summed E-state index contributed by atoms with van der Waals surface area (Å²) in [4.78, 5) is 11.9. The van der Waals surface area contributed by atoms with E-state index < -0.39 is 0 Å². The lowest BCUT2D eigenvalue weighted by Gasteiger charge is -2.07. The smallest absolute Gasteiger partial charge is 0.242 e. The Morgan fingerprint density at radius 3 is 2.74 bits per heavy atom. The van der Waals surface area contributed by atoms with E-state index in [0.29, 0.717) is 5.69 Å². The number of nitrogens with one attached hydrogen (secondary N) is 2. The van der Waals surface area contributed by atoms with E-state index in [0.717, 1.165) is 12.2 Å². The van der Waals surface area contributed by atoms with Gasteiger partial charge in [0.25, 0.3) is 0 Å². The van der Waals surface area contributed by atoms with Crippen LogP contribution in [0.25, 0.3) is 0 Å². The SMILES string of the molecule is O=C(NNc1ccc(F)cc1)[C@H]1C[C@@H]1c1ccco1. The number of benzene rings is 1. The molecule has 1 heterocycles. The first-order valence-electron chi connectivity index (χ1n) is 6.09. The Balaban J connectivity index is 1.52. The van der Waals surface area contributed by atoms with Gasteiger partial charge in [0.1, 0.15) is 11.6 Å². The molecule has 2 aromatic rings. The molecule has 0 radical (unpaired) electrons. The Kier molecular flexibility index (Phi) is 2.95. The fraction of sp³-hybridized carbons (Fsp3) is 0.214. The topological polar surface area (TPSA) is 54.3 Å². The van der Waals surface area contributed by atoms with Gasteiger partial charge < -0.3 is 4.42 Å². The van der Waals surface area contributed by atoms with Gasteiger partial charge in [-0.3, -0.25) is 15.6 Å². The average molecular weight is 260 g/mol. The summed E-state index contributed by atoms with van der Waals surface area (Å²) in [7, 11) is 0. The highest BCUT2D eigenvalue weighted by atomic mass is 19.1. The summed E-state index contributed by atoms with van der Waals surface area (Å²) in [5.41, 5.74) is 6.02. The highest BCUT2D eigenvalue weighted by Gasteiger charge is 2.45. The van der Waals surface area contributed by atoms with E-state index in [9.17, 15) is 9.18 Å². The summed E-state index contributed by atoms with van der Waals surface area (Å²) in [5.74, 6) is 0.578. The van der Waals surface area contributed by atoms with Gasteiger partial charge in [-0.05, 0) is 42.8 Å². The third-order valence-electron chi connectivity index (χ3n) is 3.21. The quantitative estimate of drug-likeness (QED) is 0.831. The monoisotopic (exact) mass is 260 g/mol. The maximum Gasteiger partial charge on any atom is 0.242 e. The van der Waals surface area contributed by atoms with Crippen molar-refractivity contribution in [3.05, 3.63) is 54.2 Å². The fourth-order valence-corrected chi connectivity index (χ4v) is 2.06. The zero-order valence-corrected chi connectivity index (χ0v) is 10.1. The molecule has 2 atom stereocenters. The van der Waals surface area contributed by atoms with Crippen molar-refractivity contribution in [2.75, 3.05) is 5.43 Å². The molecule has 3 rings (SSSR count). The molecular weight excluding hydrogens is 247 g/mol. The lowest BCUT2D eigenvalue weighted by molar-refractivity contribution is -0.121. The minimum Gasteiger partial charge on any atom is -0.469 e. The Hall–Kier alpha value is -2.30. The van der Waals surface area contributed by atoms with Gasteiger partial charge in [0, 0.05) is 5.92 Å². The van der Waals surface area contributed by atoms with Crippen molar-refractivity contribution in [2.24, 2.45) is 5.92 Å². The highest BCUT2D eigenvalue weighted by Crippen LogP contribution is 2.47. The van der Waals surface area contributed by atoms with Gasteiger partial charge in [0.05, 0.1) is 17.9 Å². The Morgan fingerprint density at radius 1 is 1.26 bits per heavy atom. The van der Waals surface area contributed by atoms with E-state index >= 15 is 0 Å². The fourth-order valence-electron chi connectivity index (χ4n) is 2.06. The van der Waals surface area contributed by atoms with Gasteiger partial charge in [-0.15, -0.1) is 0 Å². The van der Waals surface area contributed by atoms with Crippen LogP contribution in [0.15, 0.2) is 47.1 Å². The summed E-state index contributed by atoms with van der Waals surface area (Å²) < 4.78 is 18.0. The standard InChI is InChI=1S/C14H13FN2O2/c15-9-3-5-10(6-4-9)16-17-14(18)12-8-11(12)13-2-1-7-19-13/h1-7,11-12,16H,8H2,(H,17,18)/t11-,12-/m0/s1. The zero-order valence-electron chi connectivity index (χ0n) is 10.1. The van der Waals surface area contributed by atoms with E-state index in [1.54, 1.807) is 18.4 Å². The number of furan rings is 1. The molecule has 1 saturated carbocycles. The van der Waals surface area contributed by atoms with Crippen molar-refractivity contribution in [2.45, 2.75) is 12.3 Å². The van der Waals surface area contributed by atoms with Crippen LogP contribution in [-0.2, 0) is 4.79 Å². The molecule has 2 N–H and O–H groups in total. The zero-order chi connectivity index (χ0) is 13.2. The second-order valence-corrected chi connectivity index (χ2v) is 4.59. The van der Waals surface area contributed by atoms with Gasteiger partial charge in [-0.1, -0.05) is 0 Å². The van der Waals surface area contributed by atoms with Crippen LogP contribution in [0.3, 0.4) is 0 Å². The first kappa shape index (κ1) is 11.8. The number of hydrogen-bond acceptors (Lipinski definition) is 3. The predicted molar refractivity (Wildman–Crippen MR) is 67.7 cm³/mol. The van der Waals surface area contributed by atoms with Crippen LogP contribution in [0.4, 0.5) is 10.1 Å². The van der Waals surface area contributed by atoms with E-state index in [2.05, 4.69) is 10.9 Å². The Bertz CT molecular complexity index is 566. The molecule has 1 aromatic heterocycles. The summed E-state index contributed by atoms with van der Waals surface area (Å²) in [6, 6.07) is 9.48. The van der Waals surface area contributed by atoms with Crippen molar-refractivity contribution in [1.29, 1.82) is 0 Å². The van der Waals surface area contributed by atoms with Crippen molar-refractivity contribution in [3.8, 4) is 0 Å². The largest absolute Gasteiger partial charge is 0.469 e. The molecule has 19 heavy (non-hydrogen) atoms. The van der Waals surface area contributed by atoms with E-state index in [4.69, 9.17) is 4.42 Å². The van der Waals surface area contributed by atoms with Gasteiger partial charge in [0.2, 0.25) is 5.91 Å². The van der Waals surface area contributed by atoms with Crippen LogP contribution in [0.1, 0.15) is 18.1 Å². The predicted octanol–water partition coefficient (Wildman–Crippen LogP) is 2.67. The molecule has 98 valence electrons. The molecular formula is C14H13FN2O2. The number of hydrogen-bond donors (Lipinski definition) is 2. The van der Waals surface area contributed by atoms with Crippen LogP contribution in [0.5, 0.6) is 0 Å². The van der Waals surface area contributed by atoms with E-state index in [-0.39, 0.29) is 23.6 Å². The molecule has 1 amide bonds. The number of hydrazine groups is 1.